The monoisotopic (exact) mass is 394 g/mol. The molecule has 0 atom stereocenters. The van der Waals surface area contributed by atoms with E-state index in [0.717, 1.165) is 42.3 Å². The number of pyridine rings is 1. The van der Waals surface area contributed by atoms with Crippen molar-refractivity contribution in [3.8, 4) is 5.75 Å². The van der Waals surface area contributed by atoms with Gasteiger partial charge in [-0.15, -0.1) is 0 Å². The van der Waals surface area contributed by atoms with Crippen LogP contribution in [0.4, 0.5) is 5.69 Å². The van der Waals surface area contributed by atoms with Crippen molar-refractivity contribution in [3.63, 3.8) is 0 Å². The average molecular weight is 394 g/mol. The van der Waals surface area contributed by atoms with Crippen molar-refractivity contribution in [3.05, 3.63) is 47.9 Å². The molecule has 0 radical (unpaired) electrons. The quantitative estimate of drug-likeness (QED) is 0.701. The van der Waals surface area contributed by atoms with Crippen LogP contribution in [0.15, 0.2) is 36.5 Å². The number of fused-ring (bicyclic) bond motifs is 1. The van der Waals surface area contributed by atoms with Gasteiger partial charge in [0, 0.05) is 23.3 Å². The fourth-order valence-corrected chi connectivity index (χ4v) is 3.87. The van der Waals surface area contributed by atoms with Gasteiger partial charge in [-0.2, -0.15) is 5.10 Å². The van der Waals surface area contributed by atoms with Crippen LogP contribution in [0.5, 0.6) is 5.75 Å². The molecule has 1 fully saturated rings. The molecule has 2 aromatic heterocycles. The second kappa shape index (κ2) is 7.48. The topological polar surface area (TPSA) is 89.3 Å². The first-order valence-corrected chi connectivity index (χ1v) is 9.89. The molecule has 3 aromatic rings. The zero-order valence-electron chi connectivity index (χ0n) is 17.0. The van der Waals surface area contributed by atoms with Gasteiger partial charge in [0.15, 0.2) is 0 Å². The number of hydrogen-bond donors (Lipinski definition) is 2. The summed E-state index contributed by atoms with van der Waals surface area (Å²) in [6.07, 6.45) is 5.31. The first kappa shape index (κ1) is 19.4. The maximum Gasteiger partial charge on any atom is 0.274 e. The number of nitrogens with zero attached hydrogens (tertiary/aromatic N) is 3. The second-order valence-corrected chi connectivity index (χ2v) is 8.07. The SMILES string of the molecule is COc1cc2nn([C@H]3CC[C@](C)(O)CC3)cc2cc1NC(=O)c1cccc(C)n1. The Bertz CT molecular complexity index is 1050. The molecule has 152 valence electrons. The number of aliphatic hydroxyl groups is 1. The molecule has 1 amide bonds. The zero-order chi connectivity index (χ0) is 20.6. The average Bonchev–Trinajstić information content (AvgIpc) is 3.10. The van der Waals surface area contributed by atoms with Crippen LogP contribution in [-0.4, -0.2) is 38.5 Å². The van der Waals surface area contributed by atoms with Gasteiger partial charge in [-0.3, -0.25) is 9.48 Å². The zero-order valence-corrected chi connectivity index (χ0v) is 17.0. The Morgan fingerprint density at radius 2 is 2.07 bits per heavy atom. The van der Waals surface area contributed by atoms with E-state index in [1.54, 1.807) is 13.2 Å². The summed E-state index contributed by atoms with van der Waals surface area (Å²) in [5, 5.41) is 18.7. The molecular weight excluding hydrogens is 368 g/mol. The maximum absolute atomic E-state index is 12.6. The molecule has 7 nitrogen and oxygen atoms in total. The molecule has 0 spiro atoms. The summed E-state index contributed by atoms with van der Waals surface area (Å²) in [6.45, 7) is 3.74. The number of rotatable bonds is 4. The summed E-state index contributed by atoms with van der Waals surface area (Å²) in [6, 6.07) is 9.33. The van der Waals surface area contributed by atoms with Gasteiger partial charge in [-0.05, 0) is 57.7 Å². The maximum atomic E-state index is 12.6. The predicted octanol–water partition coefficient (Wildman–Crippen LogP) is 3.87. The van der Waals surface area contributed by atoms with Gasteiger partial charge in [0.05, 0.1) is 30.0 Å². The standard InChI is InChI=1S/C22H26N4O3/c1-14-5-4-6-17(23-14)21(27)24-19-11-15-13-26(25-18(15)12-20(19)29-3)16-7-9-22(2,28)10-8-16/h4-6,11-13,16,28H,7-10H2,1-3H3,(H,24,27)/t16-,22-. The van der Waals surface area contributed by atoms with Gasteiger partial charge < -0.3 is 15.2 Å². The summed E-state index contributed by atoms with van der Waals surface area (Å²) >= 11 is 0. The molecule has 1 aromatic carbocycles. The molecule has 1 aliphatic rings. The number of carbonyl (C=O) groups is 1. The first-order chi connectivity index (χ1) is 13.8. The van der Waals surface area contributed by atoms with Crippen molar-refractivity contribution in [2.45, 2.75) is 51.2 Å². The van der Waals surface area contributed by atoms with Crippen LogP contribution in [0, 0.1) is 6.92 Å². The van der Waals surface area contributed by atoms with Crippen LogP contribution in [0.3, 0.4) is 0 Å². The number of amides is 1. The van der Waals surface area contributed by atoms with Crippen molar-refractivity contribution in [1.82, 2.24) is 14.8 Å². The van der Waals surface area contributed by atoms with Crippen LogP contribution in [0.25, 0.3) is 10.9 Å². The number of nitrogens with one attached hydrogen (secondary N) is 1. The summed E-state index contributed by atoms with van der Waals surface area (Å²) in [4.78, 5) is 16.9. The molecule has 1 saturated carbocycles. The van der Waals surface area contributed by atoms with Crippen LogP contribution >= 0.6 is 0 Å². The molecule has 0 aliphatic heterocycles. The number of aromatic nitrogens is 3. The van der Waals surface area contributed by atoms with E-state index in [-0.39, 0.29) is 11.9 Å². The molecule has 0 saturated heterocycles. The summed E-state index contributed by atoms with van der Waals surface area (Å²) in [5.41, 5.74) is 1.96. The Morgan fingerprint density at radius 1 is 1.31 bits per heavy atom. The molecule has 2 N–H and O–H groups in total. The Kier molecular flexibility index (Phi) is 5.00. The van der Waals surface area contributed by atoms with Crippen molar-refractivity contribution in [1.29, 1.82) is 0 Å². The Labute approximate surface area is 169 Å². The summed E-state index contributed by atoms with van der Waals surface area (Å²) in [5.74, 6) is 0.267. The van der Waals surface area contributed by atoms with Gasteiger partial charge in [-0.1, -0.05) is 6.07 Å². The van der Waals surface area contributed by atoms with E-state index < -0.39 is 5.60 Å². The van der Waals surface area contributed by atoms with E-state index >= 15 is 0 Å². The fourth-order valence-electron chi connectivity index (χ4n) is 3.87. The Balaban J connectivity index is 1.60. The minimum atomic E-state index is -0.576. The largest absolute Gasteiger partial charge is 0.494 e. The van der Waals surface area contributed by atoms with Crippen molar-refractivity contribution in [2.24, 2.45) is 0 Å². The lowest BCUT2D eigenvalue weighted by Gasteiger charge is -2.33. The van der Waals surface area contributed by atoms with Crippen LogP contribution in [0.1, 0.15) is 54.8 Å². The molecule has 0 unspecified atom stereocenters. The van der Waals surface area contributed by atoms with Crippen molar-refractivity contribution < 1.29 is 14.6 Å². The lowest BCUT2D eigenvalue weighted by Crippen LogP contribution is -2.31. The minimum absolute atomic E-state index is 0.267. The summed E-state index contributed by atoms with van der Waals surface area (Å²) in [7, 11) is 1.57. The van der Waals surface area contributed by atoms with E-state index in [4.69, 9.17) is 9.84 Å². The van der Waals surface area contributed by atoms with E-state index in [2.05, 4.69) is 10.3 Å². The number of hydrogen-bond acceptors (Lipinski definition) is 5. The van der Waals surface area contributed by atoms with Crippen molar-refractivity contribution in [2.75, 3.05) is 12.4 Å². The third kappa shape index (κ3) is 4.10. The smallest absolute Gasteiger partial charge is 0.274 e. The second-order valence-electron chi connectivity index (χ2n) is 8.07. The van der Waals surface area contributed by atoms with E-state index in [1.165, 1.54) is 0 Å². The fraction of sp³-hybridized carbons (Fsp3) is 0.409. The highest BCUT2D eigenvalue weighted by molar-refractivity contribution is 6.05. The number of carbonyl (C=O) groups excluding carboxylic acids is 1. The first-order valence-electron chi connectivity index (χ1n) is 9.89. The lowest BCUT2D eigenvalue weighted by atomic mass is 9.84. The predicted molar refractivity (Wildman–Crippen MR) is 111 cm³/mol. The van der Waals surface area contributed by atoms with Gasteiger partial charge in [0.1, 0.15) is 11.4 Å². The third-order valence-electron chi connectivity index (χ3n) is 5.62. The highest BCUT2D eigenvalue weighted by Crippen LogP contribution is 2.36. The molecule has 4 rings (SSSR count). The number of anilines is 1. The number of benzene rings is 1. The van der Waals surface area contributed by atoms with Crippen LogP contribution < -0.4 is 10.1 Å². The highest BCUT2D eigenvalue weighted by atomic mass is 16.5. The third-order valence-corrected chi connectivity index (χ3v) is 5.62. The van der Waals surface area contributed by atoms with E-state index in [0.29, 0.717) is 17.1 Å². The van der Waals surface area contributed by atoms with Gasteiger partial charge in [0.2, 0.25) is 0 Å². The van der Waals surface area contributed by atoms with Gasteiger partial charge in [-0.25, -0.2) is 4.98 Å². The number of aryl methyl sites for hydroxylation is 1. The lowest BCUT2D eigenvalue weighted by molar-refractivity contribution is 0.00860. The van der Waals surface area contributed by atoms with E-state index in [1.807, 2.05) is 49.0 Å². The highest BCUT2D eigenvalue weighted by Gasteiger charge is 2.30. The van der Waals surface area contributed by atoms with Gasteiger partial charge in [0.25, 0.3) is 5.91 Å². The molecule has 0 bridgehead atoms. The minimum Gasteiger partial charge on any atom is -0.494 e. The van der Waals surface area contributed by atoms with Crippen molar-refractivity contribution >= 4 is 22.5 Å². The number of methoxy groups -OCH3 is 1. The molecule has 7 heteroatoms. The normalized spacial score (nSPS) is 21.9. The summed E-state index contributed by atoms with van der Waals surface area (Å²) < 4.78 is 7.46. The van der Waals surface area contributed by atoms with Gasteiger partial charge >= 0.3 is 0 Å². The van der Waals surface area contributed by atoms with E-state index in [9.17, 15) is 9.90 Å². The van der Waals surface area contributed by atoms with Crippen LogP contribution in [-0.2, 0) is 0 Å². The molecule has 2 heterocycles. The Hall–Kier alpha value is -2.93. The number of ether oxygens (including phenoxy) is 1. The molecule has 29 heavy (non-hydrogen) atoms. The molecule has 1 aliphatic carbocycles. The van der Waals surface area contributed by atoms with Crippen LogP contribution in [0.2, 0.25) is 0 Å². The molecular formula is C22H26N4O3. The Morgan fingerprint density at radius 3 is 2.76 bits per heavy atom.